The molecule has 0 spiro atoms. The molecule has 1 rings (SSSR count). The van der Waals surface area contributed by atoms with Crippen LogP contribution in [-0.4, -0.2) is 22.7 Å². The Morgan fingerprint density at radius 3 is 2.93 bits per heavy atom. The lowest BCUT2D eigenvalue weighted by Crippen LogP contribution is -2.26. The second-order valence-corrected chi connectivity index (χ2v) is 3.95. The first-order chi connectivity index (χ1) is 7.22. The molecule has 1 aromatic heterocycles. The van der Waals surface area contributed by atoms with E-state index in [-0.39, 0.29) is 6.10 Å². The van der Waals surface area contributed by atoms with Crippen molar-refractivity contribution in [2.24, 2.45) is 0 Å². The quantitative estimate of drug-likeness (QED) is 0.732. The number of aromatic nitrogens is 1. The standard InChI is InChI=1S/C11H17ClN2O/c1-2-3-10(15)8-13-6-9-4-5-11(12)14-7-9/h4-5,7,10,13,15H,2-3,6,8H2,1H3. The van der Waals surface area contributed by atoms with E-state index in [1.54, 1.807) is 12.3 Å². The predicted molar refractivity (Wildman–Crippen MR) is 61.9 cm³/mol. The van der Waals surface area contributed by atoms with Crippen LogP contribution in [0.15, 0.2) is 18.3 Å². The summed E-state index contributed by atoms with van der Waals surface area (Å²) < 4.78 is 0. The van der Waals surface area contributed by atoms with Crippen molar-refractivity contribution >= 4 is 11.6 Å². The van der Waals surface area contributed by atoms with Crippen molar-refractivity contribution in [3.05, 3.63) is 29.0 Å². The minimum absolute atomic E-state index is 0.254. The van der Waals surface area contributed by atoms with Gasteiger partial charge in [-0.05, 0) is 18.1 Å². The Kier molecular flexibility index (Phi) is 5.61. The van der Waals surface area contributed by atoms with E-state index in [9.17, 15) is 5.11 Å². The number of hydrogen-bond acceptors (Lipinski definition) is 3. The maximum Gasteiger partial charge on any atom is 0.129 e. The second kappa shape index (κ2) is 6.77. The Labute approximate surface area is 95.5 Å². The van der Waals surface area contributed by atoms with Crippen molar-refractivity contribution in [2.75, 3.05) is 6.54 Å². The molecule has 0 amide bonds. The molecular weight excluding hydrogens is 212 g/mol. The van der Waals surface area contributed by atoms with Gasteiger partial charge in [0, 0.05) is 19.3 Å². The molecule has 0 aromatic carbocycles. The summed E-state index contributed by atoms with van der Waals surface area (Å²) in [6.07, 6.45) is 3.33. The van der Waals surface area contributed by atoms with Crippen LogP contribution in [0.25, 0.3) is 0 Å². The number of aliphatic hydroxyl groups is 1. The van der Waals surface area contributed by atoms with Gasteiger partial charge in [0.15, 0.2) is 0 Å². The van der Waals surface area contributed by atoms with Crippen LogP contribution in [0, 0.1) is 0 Å². The van der Waals surface area contributed by atoms with Crippen LogP contribution in [0.5, 0.6) is 0 Å². The molecule has 2 N–H and O–H groups in total. The van der Waals surface area contributed by atoms with Crippen LogP contribution in [0.3, 0.4) is 0 Å². The number of halogens is 1. The van der Waals surface area contributed by atoms with Crippen molar-refractivity contribution in [2.45, 2.75) is 32.4 Å². The summed E-state index contributed by atoms with van der Waals surface area (Å²) in [4.78, 5) is 3.98. The molecule has 0 aliphatic heterocycles. The number of aliphatic hydroxyl groups excluding tert-OH is 1. The van der Waals surface area contributed by atoms with E-state index in [0.29, 0.717) is 18.2 Å². The van der Waals surface area contributed by atoms with Gasteiger partial charge < -0.3 is 10.4 Å². The molecule has 0 aliphatic rings. The largest absolute Gasteiger partial charge is 0.392 e. The summed E-state index contributed by atoms with van der Waals surface area (Å²) >= 11 is 5.67. The zero-order valence-electron chi connectivity index (χ0n) is 8.91. The highest BCUT2D eigenvalue weighted by Gasteiger charge is 2.01. The first-order valence-corrected chi connectivity index (χ1v) is 5.59. The smallest absolute Gasteiger partial charge is 0.129 e. The molecule has 1 unspecified atom stereocenters. The topological polar surface area (TPSA) is 45.1 Å². The van der Waals surface area contributed by atoms with Crippen LogP contribution in [-0.2, 0) is 6.54 Å². The van der Waals surface area contributed by atoms with E-state index < -0.39 is 0 Å². The maximum absolute atomic E-state index is 9.47. The molecule has 0 saturated carbocycles. The minimum Gasteiger partial charge on any atom is -0.392 e. The third kappa shape index (κ3) is 5.11. The molecule has 4 heteroatoms. The minimum atomic E-state index is -0.254. The Bertz CT molecular complexity index is 276. The lowest BCUT2D eigenvalue weighted by Gasteiger charge is -2.10. The van der Waals surface area contributed by atoms with Crippen molar-refractivity contribution in [1.82, 2.24) is 10.3 Å². The number of pyridine rings is 1. The van der Waals surface area contributed by atoms with Gasteiger partial charge >= 0.3 is 0 Å². The fraction of sp³-hybridized carbons (Fsp3) is 0.545. The lowest BCUT2D eigenvalue weighted by atomic mass is 10.2. The summed E-state index contributed by atoms with van der Waals surface area (Å²) in [7, 11) is 0. The molecule has 0 fully saturated rings. The zero-order valence-corrected chi connectivity index (χ0v) is 9.67. The highest BCUT2D eigenvalue weighted by atomic mass is 35.5. The summed E-state index contributed by atoms with van der Waals surface area (Å²) in [5.74, 6) is 0. The Balaban J connectivity index is 2.22. The molecule has 0 bridgehead atoms. The highest BCUT2D eigenvalue weighted by Crippen LogP contribution is 2.04. The molecule has 0 aliphatic carbocycles. The molecule has 1 aromatic rings. The summed E-state index contributed by atoms with van der Waals surface area (Å²) in [5, 5.41) is 13.1. The average Bonchev–Trinajstić information content (AvgIpc) is 2.21. The number of nitrogens with one attached hydrogen (secondary N) is 1. The Morgan fingerprint density at radius 2 is 2.33 bits per heavy atom. The molecular formula is C11H17ClN2O. The summed E-state index contributed by atoms with van der Waals surface area (Å²) in [6.45, 7) is 3.40. The Morgan fingerprint density at radius 1 is 1.53 bits per heavy atom. The van der Waals surface area contributed by atoms with Crippen molar-refractivity contribution in [1.29, 1.82) is 0 Å². The van der Waals surface area contributed by atoms with Crippen LogP contribution < -0.4 is 5.32 Å². The molecule has 1 heterocycles. The zero-order chi connectivity index (χ0) is 11.1. The third-order valence-electron chi connectivity index (χ3n) is 2.12. The molecule has 3 nitrogen and oxygen atoms in total. The van der Waals surface area contributed by atoms with Crippen molar-refractivity contribution in [3.63, 3.8) is 0 Å². The lowest BCUT2D eigenvalue weighted by molar-refractivity contribution is 0.160. The van der Waals surface area contributed by atoms with Crippen LogP contribution >= 0.6 is 11.6 Å². The second-order valence-electron chi connectivity index (χ2n) is 3.56. The summed E-state index contributed by atoms with van der Waals surface area (Å²) in [5.41, 5.74) is 1.07. The van der Waals surface area contributed by atoms with Gasteiger partial charge in [-0.1, -0.05) is 31.0 Å². The fourth-order valence-corrected chi connectivity index (χ4v) is 1.44. The normalized spacial score (nSPS) is 12.7. The van der Waals surface area contributed by atoms with E-state index in [4.69, 9.17) is 11.6 Å². The van der Waals surface area contributed by atoms with Crippen LogP contribution in [0.2, 0.25) is 5.15 Å². The number of rotatable bonds is 6. The van der Waals surface area contributed by atoms with Gasteiger partial charge in [0.05, 0.1) is 6.10 Å². The average molecular weight is 229 g/mol. The highest BCUT2D eigenvalue weighted by molar-refractivity contribution is 6.29. The number of hydrogen-bond donors (Lipinski definition) is 2. The Hall–Kier alpha value is -0.640. The molecule has 0 radical (unpaired) electrons. The van der Waals surface area contributed by atoms with Gasteiger partial charge in [0.25, 0.3) is 0 Å². The van der Waals surface area contributed by atoms with Crippen LogP contribution in [0.4, 0.5) is 0 Å². The molecule has 0 saturated heterocycles. The van der Waals surface area contributed by atoms with Gasteiger partial charge in [-0.15, -0.1) is 0 Å². The fourth-order valence-electron chi connectivity index (χ4n) is 1.33. The molecule has 15 heavy (non-hydrogen) atoms. The van der Waals surface area contributed by atoms with E-state index in [1.165, 1.54) is 0 Å². The van der Waals surface area contributed by atoms with Gasteiger partial charge in [0.1, 0.15) is 5.15 Å². The van der Waals surface area contributed by atoms with E-state index >= 15 is 0 Å². The first kappa shape index (κ1) is 12.4. The van der Waals surface area contributed by atoms with Gasteiger partial charge in [-0.3, -0.25) is 0 Å². The SMILES string of the molecule is CCCC(O)CNCc1ccc(Cl)nc1. The first-order valence-electron chi connectivity index (χ1n) is 5.21. The molecule has 84 valence electrons. The number of nitrogens with zero attached hydrogens (tertiary/aromatic N) is 1. The molecule has 1 atom stereocenters. The van der Waals surface area contributed by atoms with E-state index in [2.05, 4.69) is 17.2 Å². The van der Waals surface area contributed by atoms with Crippen molar-refractivity contribution in [3.8, 4) is 0 Å². The maximum atomic E-state index is 9.47. The van der Waals surface area contributed by atoms with Crippen LogP contribution in [0.1, 0.15) is 25.3 Å². The monoisotopic (exact) mass is 228 g/mol. The summed E-state index contributed by atoms with van der Waals surface area (Å²) in [6, 6.07) is 3.69. The van der Waals surface area contributed by atoms with Gasteiger partial charge in [-0.25, -0.2) is 4.98 Å². The van der Waals surface area contributed by atoms with Gasteiger partial charge in [0.2, 0.25) is 0 Å². The van der Waals surface area contributed by atoms with E-state index in [1.807, 2.05) is 6.07 Å². The van der Waals surface area contributed by atoms with Crippen molar-refractivity contribution < 1.29 is 5.11 Å². The third-order valence-corrected chi connectivity index (χ3v) is 2.34. The van der Waals surface area contributed by atoms with Gasteiger partial charge in [-0.2, -0.15) is 0 Å². The predicted octanol–water partition coefficient (Wildman–Crippen LogP) is 1.99. The van der Waals surface area contributed by atoms with E-state index in [0.717, 1.165) is 18.4 Å².